The molecule has 0 aromatic heterocycles. The molecule has 0 aliphatic heterocycles. The minimum absolute atomic E-state index is 0.0884. The third kappa shape index (κ3) is 5.03. The van der Waals surface area contributed by atoms with Crippen LogP contribution in [-0.2, 0) is 12.4 Å². The smallest absolute Gasteiger partial charge is 0.166 e. The van der Waals surface area contributed by atoms with Gasteiger partial charge in [-0.1, -0.05) is 31.4 Å². The van der Waals surface area contributed by atoms with Crippen molar-refractivity contribution in [1.82, 2.24) is 0 Å². The van der Waals surface area contributed by atoms with Crippen molar-refractivity contribution < 1.29 is 26.3 Å². The molecule has 0 radical (unpaired) electrons. The fourth-order valence-corrected chi connectivity index (χ4v) is 2.11. The lowest BCUT2D eigenvalue weighted by Gasteiger charge is -2.14. The summed E-state index contributed by atoms with van der Waals surface area (Å²) in [6.45, 7) is 5.80. The maximum absolute atomic E-state index is 12.6. The zero-order valence-corrected chi connectivity index (χ0v) is 12.2. The highest BCUT2D eigenvalue weighted by Gasteiger charge is 2.36. The Morgan fingerprint density at radius 3 is 1.50 bits per heavy atom. The largest absolute Gasteiger partial charge is 0.416 e. The van der Waals surface area contributed by atoms with Crippen LogP contribution in [0.15, 0.2) is 23.9 Å². The van der Waals surface area contributed by atoms with Crippen LogP contribution in [-0.4, -0.2) is 8.07 Å². The number of alkyl halides is 6. The molecular weight excluding hydrogens is 298 g/mol. The first-order valence-electron chi connectivity index (χ1n) is 5.78. The van der Waals surface area contributed by atoms with Gasteiger partial charge in [-0.15, -0.1) is 0 Å². The van der Waals surface area contributed by atoms with E-state index in [-0.39, 0.29) is 11.6 Å². The van der Waals surface area contributed by atoms with Crippen LogP contribution in [0.5, 0.6) is 0 Å². The maximum atomic E-state index is 12.6. The topological polar surface area (TPSA) is 0 Å². The minimum Gasteiger partial charge on any atom is -0.166 e. The molecule has 20 heavy (non-hydrogen) atoms. The van der Waals surface area contributed by atoms with Gasteiger partial charge in [-0.3, -0.25) is 0 Å². The molecule has 1 rings (SSSR count). The summed E-state index contributed by atoms with van der Waals surface area (Å²) in [6.07, 6.45) is -8.28. The number of halogens is 6. The van der Waals surface area contributed by atoms with Gasteiger partial charge in [0.15, 0.2) is 0 Å². The highest BCUT2D eigenvalue weighted by molar-refractivity contribution is 6.81. The van der Waals surface area contributed by atoms with Crippen LogP contribution in [0.4, 0.5) is 26.3 Å². The number of hydrogen-bond donors (Lipinski definition) is 0. The Kier molecular flexibility index (Phi) is 4.43. The van der Waals surface area contributed by atoms with Gasteiger partial charge < -0.3 is 0 Å². The lowest BCUT2D eigenvalue weighted by molar-refractivity contribution is -0.143. The monoisotopic (exact) mass is 312 g/mol. The molecule has 0 atom stereocenters. The zero-order valence-electron chi connectivity index (χ0n) is 11.2. The van der Waals surface area contributed by atoms with Crippen molar-refractivity contribution in [3.8, 4) is 0 Å². The summed E-state index contributed by atoms with van der Waals surface area (Å²) < 4.78 is 75.8. The van der Waals surface area contributed by atoms with Gasteiger partial charge in [-0.25, -0.2) is 0 Å². The van der Waals surface area contributed by atoms with Crippen LogP contribution >= 0.6 is 0 Å². The molecule has 0 N–H and O–H groups in total. The minimum atomic E-state index is -4.80. The van der Waals surface area contributed by atoms with Crippen molar-refractivity contribution >= 4 is 14.1 Å². The molecule has 0 aliphatic carbocycles. The van der Waals surface area contributed by atoms with E-state index in [0.29, 0.717) is 0 Å². The third-order valence-corrected chi connectivity index (χ3v) is 3.55. The van der Waals surface area contributed by atoms with E-state index >= 15 is 0 Å². The number of rotatable bonds is 2. The highest BCUT2D eigenvalue weighted by Crippen LogP contribution is 2.36. The lowest BCUT2D eigenvalue weighted by atomic mass is 10.0. The van der Waals surface area contributed by atoms with Gasteiger partial charge in [-0.2, -0.15) is 26.3 Å². The number of hydrogen-bond acceptors (Lipinski definition) is 0. The summed E-state index contributed by atoms with van der Waals surface area (Å²) in [6, 6.07) is 1.59. The van der Waals surface area contributed by atoms with E-state index in [2.05, 4.69) is 0 Å². The molecule has 0 spiro atoms. The molecule has 1 aromatic rings. The van der Waals surface area contributed by atoms with E-state index < -0.39 is 31.6 Å². The molecule has 1 aromatic carbocycles. The van der Waals surface area contributed by atoms with Gasteiger partial charge in [-0.05, 0) is 23.8 Å². The van der Waals surface area contributed by atoms with Crippen molar-refractivity contribution in [1.29, 1.82) is 0 Å². The quantitative estimate of drug-likeness (QED) is 0.491. The van der Waals surface area contributed by atoms with E-state index in [1.54, 1.807) is 5.70 Å². The Labute approximate surface area is 114 Å². The Morgan fingerprint density at radius 2 is 1.20 bits per heavy atom. The average molecular weight is 312 g/mol. The second-order valence-electron chi connectivity index (χ2n) is 5.54. The van der Waals surface area contributed by atoms with Crippen molar-refractivity contribution in [2.75, 3.05) is 0 Å². The molecule has 0 saturated carbocycles. The standard InChI is InChI=1S/C13H14F6Si/c1-20(2,3)5-4-9-6-10(12(14,15)16)8-11(7-9)13(17,18)19/h4-8H,1-3H3/b5-4+. The fourth-order valence-electron chi connectivity index (χ4n) is 1.42. The molecule has 0 fully saturated rings. The Morgan fingerprint density at radius 1 is 0.800 bits per heavy atom. The van der Waals surface area contributed by atoms with Gasteiger partial charge in [0.25, 0.3) is 0 Å². The summed E-state index contributed by atoms with van der Waals surface area (Å²) in [5.74, 6) is 0. The molecule has 0 unspecified atom stereocenters. The van der Waals surface area contributed by atoms with Crippen LogP contribution in [0.2, 0.25) is 19.6 Å². The van der Waals surface area contributed by atoms with Crippen molar-refractivity contribution in [3.63, 3.8) is 0 Å². The lowest BCUT2D eigenvalue weighted by Crippen LogP contribution is -2.15. The van der Waals surface area contributed by atoms with Crippen LogP contribution < -0.4 is 0 Å². The van der Waals surface area contributed by atoms with Crippen LogP contribution in [0, 0.1) is 0 Å². The van der Waals surface area contributed by atoms with Crippen molar-refractivity contribution in [2.45, 2.75) is 32.0 Å². The second-order valence-corrected chi connectivity index (χ2v) is 10.6. The summed E-state index contributed by atoms with van der Waals surface area (Å²) >= 11 is 0. The molecule has 0 nitrogen and oxygen atoms in total. The molecule has 0 aliphatic rings. The predicted molar refractivity (Wildman–Crippen MR) is 68.8 cm³/mol. The first-order valence-corrected chi connectivity index (χ1v) is 9.35. The van der Waals surface area contributed by atoms with Gasteiger partial charge in [0, 0.05) is 0 Å². The molecular formula is C13H14F6Si. The maximum Gasteiger partial charge on any atom is 0.416 e. The van der Waals surface area contributed by atoms with E-state index in [0.717, 1.165) is 12.1 Å². The second kappa shape index (κ2) is 5.27. The van der Waals surface area contributed by atoms with Crippen LogP contribution in [0.25, 0.3) is 6.08 Å². The normalized spacial score (nSPS) is 14.1. The summed E-state index contributed by atoms with van der Waals surface area (Å²) in [5.41, 5.74) is -0.970. The first kappa shape index (κ1) is 16.8. The molecule has 112 valence electrons. The molecule has 0 amide bonds. The summed E-state index contributed by atoms with van der Waals surface area (Å²) in [7, 11) is -1.71. The third-order valence-electron chi connectivity index (χ3n) is 2.39. The zero-order chi connectivity index (χ0) is 15.8. The Balaban J connectivity index is 3.35. The van der Waals surface area contributed by atoms with Gasteiger partial charge >= 0.3 is 12.4 Å². The highest BCUT2D eigenvalue weighted by atomic mass is 28.3. The molecule has 0 bridgehead atoms. The Bertz CT molecular complexity index is 473. The van der Waals surface area contributed by atoms with Gasteiger partial charge in [0.2, 0.25) is 0 Å². The fraction of sp³-hybridized carbons (Fsp3) is 0.385. The molecule has 7 heteroatoms. The van der Waals surface area contributed by atoms with Gasteiger partial charge in [0.1, 0.15) is 0 Å². The van der Waals surface area contributed by atoms with Crippen molar-refractivity contribution in [3.05, 3.63) is 40.6 Å². The molecule has 0 saturated heterocycles. The van der Waals surface area contributed by atoms with Crippen molar-refractivity contribution in [2.24, 2.45) is 0 Å². The summed E-state index contributed by atoms with van der Waals surface area (Å²) in [4.78, 5) is 0. The Hall–Kier alpha value is -1.24. The first-order chi connectivity index (χ1) is 8.79. The van der Waals surface area contributed by atoms with Crippen LogP contribution in [0.3, 0.4) is 0 Å². The van der Waals surface area contributed by atoms with E-state index in [1.807, 2.05) is 19.6 Å². The van der Waals surface area contributed by atoms with E-state index in [4.69, 9.17) is 0 Å². The predicted octanol–water partition coefficient (Wildman–Crippen LogP) is 5.61. The molecule has 0 heterocycles. The van der Waals surface area contributed by atoms with Gasteiger partial charge in [0.05, 0.1) is 19.2 Å². The van der Waals surface area contributed by atoms with E-state index in [1.165, 1.54) is 6.08 Å². The van der Waals surface area contributed by atoms with Crippen LogP contribution in [0.1, 0.15) is 16.7 Å². The van der Waals surface area contributed by atoms with E-state index in [9.17, 15) is 26.3 Å². The number of benzene rings is 1. The average Bonchev–Trinajstić information content (AvgIpc) is 2.22. The summed E-state index contributed by atoms with van der Waals surface area (Å²) in [5, 5.41) is 0. The SMILES string of the molecule is C[Si](C)(C)/C=C/c1cc(C(F)(F)F)cc(C(F)(F)F)c1.